The van der Waals surface area contributed by atoms with Crippen LogP contribution in [0.15, 0.2) is 47.6 Å². The Bertz CT molecular complexity index is 880. The van der Waals surface area contributed by atoms with Gasteiger partial charge in [-0.2, -0.15) is 17.5 Å². The van der Waals surface area contributed by atoms with E-state index in [0.717, 1.165) is 6.20 Å². The third-order valence-electron chi connectivity index (χ3n) is 4.03. The second kappa shape index (κ2) is 6.76. The highest BCUT2D eigenvalue weighted by Crippen LogP contribution is 2.35. The average Bonchev–Trinajstić information content (AvgIpc) is 2.57. The number of nitrogens with zero attached hydrogens (tertiary/aromatic N) is 2. The van der Waals surface area contributed by atoms with E-state index in [4.69, 9.17) is 4.74 Å². The van der Waals surface area contributed by atoms with Crippen LogP contribution in [-0.4, -0.2) is 43.9 Å². The van der Waals surface area contributed by atoms with Crippen LogP contribution >= 0.6 is 0 Å². The number of pyridine rings is 1. The van der Waals surface area contributed by atoms with Gasteiger partial charge in [0.1, 0.15) is 5.75 Å². The van der Waals surface area contributed by atoms with Crippen LogP contribution in [0, 0.1) is 0 Å². The topological polar surface area (TPSA) is 71.5 Å². The zero-order valence-corrected chi connectivity index (χ0v) is 14.5. The van der Waals surface area contributed by atoms with Gasteiger partial charge in [-0.3, -0.25) is 4.98 Å². The molecule has 6 nitrogen and oxygen atoms in total. The zero-order chi connectivity index (χ0) is 18.9. The maximum Gasteiger partial charge on any atom is 0.419 e. The lowest BCUT2D eigenvalue weighted by molar-refractivity contribution is -0.137. The Kier molecular flexibility index (Phi) is 4.80. The van der Waals surface area contributed by atoms with Crippen molar-refractivity contribution in [2.75, 3.05) is 25.5 Å². The molecule has 2 heterocycles. The number of alkyl halides is 3. The van der Waals surface area contributed by atoms with Gasteiger partial charge < -0.3 is 10.1 Å². The summed E-state index contributed by atoms with van der Waals surface area (Å²) in [5, 5.41) is 2.74. The summed E-state index contributed by atoms with van der Waals surface area (Å²) in [6.45, 7) is 0.155. The van der Waals surface area contributed by atoms with Gasteiger partial charge in [-0.15, -0.1) is 0 Å². The van der Waals surface area contributed by atoms with Crippen molar-refractivity contribution >= 4 is 15.7 Å². The number of hydrogen-bond acceptors (Lipinski definition) is 5. The van der Waals surface area contributed by atoms with Crippen LogP contribution in [-0.2, 0) is 16.2 Å². The van der Waals surface area contributed by atoms with Gasteiger partial charge in [-0.25, -0.2) is 8.42 Å². The van der Waals surface area contributed by atoms with Gasteiger partial charge in [0, 0.05) is 31.2 Å². The number of hydrogen-bond donors (Lipinski definition) is 1. The Morgan fingerprint density at radius 1 is 1.19 bits per heavy atom. The molecule has 1 aliphatic heterocycles. The summed E-state index contributed by atoms with van der Waals surface area (Å²) >= 11 is 0. The molecular weight excluding hydrogens is 371 g/mol. The van der Waals surface area contributed by atoms with E-state index in [-0.39, 0.29) is 23.7 Å². The molecule has 1 fully saturated rings. The summed E-state index contributed by atoms with van der Waals surface area (Å²) in [6, 6.07) is 6.75. The first-order valence-electron chi connectivity index (χ1n) is 7.64. The summed E-state index contributed by atoms with van der Waals surface area (Å²) < 4.78 is 70.1. The van der Waals surface area contributed by atoms with E-state index >= 15 is 0 Å². The molecule has 26 heavy (non-hydrogen) atoms. The van der Waals surface area contributed by atoms with Crippen molar-refractivity contribution in [2.24, 2.45) is 0 Å². The van der Waals surface area contributed by atoms with Crippen LogP contribution in [0.1, 0.15) is 5.56 Å². The lowest BCUT2D eigenvalue weighted by atomic mass is 10.1. The van der Waals surface area contributed by atoms with Gasteiger partial charge in [0.15, 0.2) is 0 Å². The molecule has 1 aliphatic rings. The second-order valence-electron chi connectivity index (χ2n) is 5.76. The van der Waals surface area contributed by atoms with Crippen molar-refractivity contribution in [3.8, 4) is 5.75 Å². The predicted molar refractivity (Wildman–Crippen MR) is 88.4 cm³/mol. The Hall–Kier alpha value is -2.33. The minimum atomic E-state index is -4.53. The Balaban J connectivity index is 1.67. The van der Waals surface area contributed by atoms with Crippen LogP contribution in [0.5, 0.6) is 5.75 Å². The molecule has 0 aliphatic carbocycles. The molecule has 1 aromatic heterocycles. The monoisotopic (exact) mass is 387 g/mol. The van der Waals surface area contributed by atoms with Crippen LogP contribution < -0.4 is 10.1 Å². The minimum Gasteiger partial charge on any atom is -0.497 e. The van der Waals surface area contributed by atoms with Gasteiger partial charge in [0.2, 0.25) is 10.0 Å². The highest BCUT2D eigenvalue weighted by atomic mass is 32.2. The molecule has 0 radical (unpaired) electrons. The fraction of sp³-hybridized carbons (Fsp3) is 0.312. The molecule has 10 heteroatoms. The third-order valence-corrected chi connectivity index (χ3v) is 5.88. The van der Waals surface area contributed by atoms with Gasteiger partial charge in [0.25, 0.3) is 0 Å². The molecule has 2 aromatic rings. The first kappa shape index (κ1) is 18.5. The Labute approximate surface area is 148 Å². The molecule has 140 valence electrons. The SMILES string of the molecule is COc1ccc(S(=O)(=O)N2CC(Nc3ccncc3C(F)(F)F)C2)cc1. The van der Waals surface area contributed by atoms with Crippen molar-refractivity contribution in [3.63, 3.8) is 0 Å². The molecule has 0 bridgehead atoms. The number of ether oxygens (including phenoxy) is 1. The van der Waals surface area contributed by atoms with Crippen LogP contribution in [0.2, 0.25) is 0 Å². The molecule has 0 unspecified atom stereocenters. The Morgan fingerprint density at radius 3 is 2.42 bits per heavy atom. The molecular formula is C16H16F3N3O3S. The molecule has 0 spiro atoms. The van der Waals surface area contributed by atoms with Crippen molar-refractivity contribution < 1.29 is 26.3 Å². The van der Waals surface area contributed by atoms with E-state index in [1.807, 2.05) is 0 Å². The maximum absolute atomic E-state index is 13.0. The van der Waals surface area contributed by atoms with E-state index in [1.54, 1.807) is 0 Å². The van der Waals surface area contributed by atoms with E-state index in [2.05, 4.69) is 10.3 Å². The fourth-order valence-corrected chi connectivity index (χ4v) is 4.12. The van der Waals surface area contributed by atoms with Gasteiger partial charge in [-0.1, -0.05) is 0 Å². The van der Waals surface area contributed by atoms with Crippen LogP contribution in [0.3, 0.4) is 0 Å². The number of sulfonamides is 1. The van der Waals surface area contributed by atoms with Gasteiger partial charge in [0.05, 0.1) is 23.6 Å². The molecule has 3 rings (SSSR count). The van der Waals surface area contributed by atoms with E-state index in [1.165, 1.54) is 47.9 Å². The molecule has 0 amide bonds. The fourth-order valence-electron chi connectivity index (χ4n) is 2.59. The number of aromatic nitrogens is 1. The quantitative estimate of drug-likeness (QED) is 0.854. The van der Waals surface area contributed by atoms with Crippen molar-refractivity contribution in [2.45, 2.75) is 17.1 Å². The lowest BCUT2D eigenvalue weighted by Crippen LogP contribution is -2.56. The number of methoxy groups -OCH3 is 1. The molecule has 1 aromatic carbocycles. The summed E-state index contributed by atoms with van der Waals surface area (Å²) in [6.07, 6.45) is -2.54. The largest absolute Gasteiger partial charge is 0.497 e. The summed E-state index contributed by atoms with van der Waals surface area (Å²) in [7, 11) is -2.21. The lowest BCUT2D eigenvalue weighted by Gasteiger charge is -2.39. The second-order valence-corrected chi connectivity index (χ2v) is 7.70. The Morgan fingerprint density at radius 2 is 1.85 bits per heavy atom. The van der Waals surface area contributed by atoms with Crippen molar-refractivity contribution in [1.82, 2.24) is 9.29 Å². The standard InChI is InChI=1S/C16H16F3N3O3S/c1-25-12-2-4-13(5-3-12)26(23,24)22-9-11(10-22)21-15-6-7-20-8-14(15)16(17,18)19/h2-8,11H,9-10H2,1H3,(H,20,21). The highest BCUT2D eigenvalue weighted by Gasteiger charge is 2.39. The predicted octanol–water partition coefficient (Wildman–Crippen LogP) is 2.59. The van der Waals surface area contributed by atoms with Crippen molar-refractivity contribution in [3.05, 3.63) is 48.3 Å². The average molecular weight is 387 g/mol. The number of halogens is 3. The zero-order valence-electron chi connectivity index (χ0n) is 13.7. The number of nitrogens with one attached hydrogen (secondary N) is 1. The third kappa shape index (κ3) is 3.61. The van der Waals surface area contributed by atoms with Crippen LogP contribution in [0.4, 0.5) is 18.9 Å². The summed E-state index contributed by atoms with van der Waals surface area (Å²) in [5.41, 5.74) is -0.990. The smallest absolute Gasteiger partial charge is 0.419 e. The van der Waals surface area contributed by atoms with E-state index in [0.29, 0.717) is 5.75 Å². The minimum absolute atomic E-state index is 0.0774. The first-order valence-corrected chi connectivity index (χ1v) is 9.08. The normalized spacial score (nSPS) is 16.2. The van der Waals surface area contributed by atoms with E-state index in [9.17, 15) is 21.6 Å². The molecule has 1 saturated heterocycles. The van der Waals surface area contributed by atoms with Gasteiger partial charge >= 0.3 is 6.18 Å². The molecule has 0 atom stereocenters. The number of benzene rings is 1. The first-order chi connectivity index (χ1) is 12.2. The van der Waals surface area contributed by atoms with Crippen LogP contribution in [0.25, 0.3) is 0 Å². The summed E-state index contributed by atoms with van der Waals surface area (Å²) in [4.78, 5) is 3.60. The molecule has 1 N–H and O–H groups in total. The van der Waals surface area contributed by atoms with E-state index < -0.39 is 27.8 Å². The van der Waals surface area contributed by atoms with Crippen molar-refractivity contribution in [1.29, 1.82) is 0 Å². The molecule has 0 saturated carbocycles. The number of anilines is 1. The number of rotatable bonds is 5. The van der Waals surface area contributed by atoms with Gasteiger partial charge in [-0.05, 0) is 30.3 Å². The summed E-state index contributed by atoms with van der Waals surface area (Å²) in [5.74, 6) is 0.532. The maximum atomic E-state index is 13.0. The highest BCUT2D eigenvalue weighted by molar-refractivity contribution is 7.89.